The van der Waals surface area contributed by atoms with E-state index in [4.69, 9.17) is 5.26 Å². The summed E-state index contributed by atoms with van der Waals surface area (Å²) < 4.78 is 41.4. The number of rotatable bonds is 5. The van der Waals surface area contributed by atoms with Crippen molar-refractivity contribution in [3.63, 3.8) is 0 Å². The number of nitrogens with one attached hydrogen (secondary N) is 2. The predicted molar refractivity (Wildman–Crippen MR) is 87.3 cm³/mol. The molecule has 5 nitrogen and oxygen atoms in total. The maximum absolute atomic E-state index is 12.2. The molecule has 0 spiro atoms. The fourth-order valence-corrected chi connectivity index (χ4v) is 2.30. The second kappa shape index (κ2) is 7.05. The number of aromatic nitrogens is 2. The Morgan fingerprint density at radius 2 is 2.00 bits per heavy atom. The van der Waals surface area contributed by atoms with Gasteiger partial charge in [-0.2, -0.15) is 23.5 Å². The first-order chi connectivity index (χ1) is 11.6. The summed E-state index contributed by atoms with van der Waals surface area (Å²) in [5, 5.41) is 19.3. The van der Waals surface area contributed by atoms with Crippen molar-refractivity contribution in [2.24, 2.45) is 0 Å². The van der Waals surface area contributed by atoms with Crippen molar-refractivity contribution in [3.05, 3.63) is 41.2 Å². The first-order valence-electron chi connectivity index (χ1n) is 7.60. The number of ether oxygens (including phenoxy) is 1. The summed E-state index contributed by atoms with van der Waals surface area (Å²) in [5.74, 6) is -0.0935. The fourth-order valence-electron chi connectivity index (χ4n) is 2.30. The lowest BCUT2D eigenvalue weighted by Gasteiger charge is -2.19. The molecular weight excluding hydrogens is 333 g/mol. The number of H-pyrrole nitrogens is 1. The predicted octanol–water partition coefficient (Wildman–Crippen LogP) is 4.13. The summed E-state index contributed by atoms with van der Waals surface area (Å²) >= 11 is 0. The number of hydrogen-bond acceptors (Lipinski definition) is 4. The van der Waals surface area contributed by atoms with Gasteiger partial charge in [-0.25, -0.2) is 0 Å². The molecule has 0 radical (unpaired) electrons. The van der Waals surface area contributed by atoms with E-state index in [0.29, 0.717) is 12.2 Å². The molecule has 0 amide bonds. The Hall–Kier alpha value is -2.69. The van der Waals surface area contributed by atoms with Gasteiger partial charge in [-0.15, -0.1) is 0 Å². The number of hydrogen-bond donors (Lipinski definition) is 2. The zero-order valence-corrected chi connectivity index (χ0v) is 14.2. The van der Waals surface area contributed by atoms with Gasteiger partial charge in [0, 0.05) is 28.9 Å². The first-order valence-corrected chi connectivity index (χ1v) is 7.60. The molecule has 0 bridgehead atoms. The summed E-state index contributed by atoms with van der Waals surface area (Å²) in [6.45, 7) is 5.22. The molecule has 8 heteroatoms. The molecule has 0 aliphatic rings. The average Bonchev–Trinajstić information content (AvgIpc) is 2.99. The van der Waals surface area contributed by atoms with Crippen LogP contribution in [0.3, 0.4) is 0 Å². The fraction of sp³-hybridized carbons (Fsp3) is 0.412. The molecule has 1 aromatic heterocycles. The molecule has 0 unspecified atom stereocenters. The Balaban J connectivity index is 2.09. The van der Waals surface area contributed by atoms with E-state index >= 15 is 0 Å². The summed E-state index contributed by atoms with van der Waals surface area (Å²) in [4.78, 5) is 0. The van der Waals surface area contributed by atoms with Gasteiger partial charge in [0.1, 0.15) is 11.8 Å². The quantitative estimate of drug-likeness (QED) is 0.848. The van der Waals surface area contributed by atoms with Gasteiger partial charge in [-0.05, 0) is 18.2 Å². The van der Waals surface area contributed by atoms with Gasteiger partial charge in [0.15, 0.2) is 6.61 Å². The maximum Gasteiger partial charge on any atom is 0.422 e. The highest BCUT2D eigenvalue weighted by atomic mass is 19.4. The number of halogens is 3. The van der Waals surface area contributed by atoms with E-state index in [1.807, 2.05) is 6.07 Å². The van der Waals surface area contributed by atoms with Gasteiger partial charge in [-0.1, -0.05) is 20.8 Å². The molecule has 0 fully saturated rings. The molecule has 2 rings (SSSR count). The van der Waals surface area contributed by atoms with Crippen molar-refractivity contribution in [1.29, 1.82) is 5.26 Å². The number of nitrogens with zero attached hydrogens (tertiary/aromatic N) is 2. The summed E-state index contributed by atoms with van der Waals surface area (Å²) in [7, 11) is 0. The molecule has 25 heavy (non-hydrogen) atoms. The van der Waals surface area contributed by atoms with Gasteiger partial charge in [0.25, 0.3) is 0 Å². The first kappa shape index (κ1) is 18.6. The van der Waals surface area contributed by atoms with Crippen LogP contribution in [0.1, 0.15) is 37.6 Å². The number of alkyl halides is 3. The van der Waals surface area contributed by atoms with Gasteiger partial charge < -0.3 is 10.1 Å². The van der Waals surface area contributed by atoms with Crippen LogP contribution in [0.15, 0.2) is 24.4 Å². The van der Waals surface area contributed by atoms with E-state index in [2.05, 4.69) is 41.0 Å². The summed E-state index contributed by atoms with van der Waals surface area (Å²) in [6, 6.07) is 6.24. The van der Waals surface area contributed by atoms with Crippen LogP contribution in [0.2, 0.25) is 0 Å². The molecular formula is C17H19F3N4O. The number of nitriles is 1. The normalized spacial score (nSPS) is 11.9. The monoisotopic (exact) mass is 352 g/mol. The molecule has 0 atom stereocenters. The van der Waals surface area contributed by atoms with E-state index < -0.39 is 12.8 Å². The highest BCUT2D eigenvalue weighted by Gasteiger charge is 2.29. The lowest BCUT2D eigenvalue weighted by Crippen LogP contribution is -2.19. The van der Waals surface area contributed by atoms with E-state index in [9.17, 15) is 13.2 Å². The molecule has 0 saturated carbocycles. The molecule has 0 aliphatic carbocycles. The highest BCUT2D eigenvalue weighted by molar-refractivity contribution is 5.56. The minimum atomic E-state index is -4.45. The van der Waals surface area contributed by atoms with Crippen LogP contribution in [-0.2, 0) is 12.0 Å². The molecule has 2 aromatic rings. The van der Waals surface area contributed by atoms with Crippen LogP contribution >= 0.6 is 0 Å². The Labute approximate surface area is 143 Å². The lowest BCUT2D eigenvalue weighted by molar-refractivity contribution is -0.153. The van der Waals surface area contributed by atoms with E-state index in [-0.39, 0.29) is 16.7 Å². The second-order valence-electron chi connectivity index (χ2n) is 6.60. The molecule has 134 valence electrons. The van der Waals surface area contributed by atoms with Crippen LogP contribution in [0.4, 0.5) is 18.9 Å². The van der Waals surface area contributed by atoms with Crippen molar-refractivity contribution >= 4 is 5.69 Å². The summed E-state index contributed by atoms with van der Waals surface area (Å²) in [6.07, 6.45) is -2.73. The Bertz CT molecular complexity index is 769. The van der Waals surface area contributed by atoms with E-state index in [1.54, 1.807) is 12.3 Å². The molecule has 0 aliphatic heterocycles. The SMILES string of the molecule is CC(C)(C)c1[nH]ncc1CNc1ccc(OCC(F)(F)F)c(C#N)c1. The van der Waals surface area contributed by atoms with Crippen LogP contribution in [-0.4, -0.2) is 23.0 Å². The lowest BCUT2D eigenvalue weighted by atomic mass is 9.89. The third kappa shape index (κ3) is 5.14. The van der Waals surface area contributed by atoms with Crippen LogP contribution in [0, 0.1) is 11.3 Å². The van der Waals surface area contributed by atoms with Gasteiger partial charge in [-0.3, -0.25) is 5.10 Å². The zero-order valence-electron chi connectivity index (χ0n) is 14.2. The Kier molecular flexibility index (Phi) is 5.26. The smallest absolute Gasteiger partial charge is 0.422 e. The molecule has 1 heterocycles. The molecule has 2 N–H and O–H groups in total. The van der Waals surface area contributed by atoms with Crippen molar-refractivity contribution in [1.82, 2.24) is 10.2 Å². The minimum absolute atomic E-state index is 0.0393. The standard InChI is InChI=1S/C17H19F3N4O/c1-16(2,3)15-12(9-23-24-15)8-22-13-4-5-14(11(6-13)7-21)25-10-17(18,19)20/h4-6,9,22H,8,10H2,1-3H3,(H,23,24). The highest BCUT2D eigenvalue weighted by Crippen LogP contribution is 2.27. The molecule has 1 aromatic carbocycles. The van der Waals surface area contributed by atoms with Crippen molar-refractivity contribution < 1.29 is 17.9 Å². The average molecular weight is 352 g/mol. The second-order valence-corrected chi connectivity index (χ2v) is 6.60. The zero-order chi connectivity index (χ0) is 18.7. The van der Waals surface area contributed by atoms with Crippen molar-refractivity contribution in [2.75, 3.05) is 11.9 Å². The van der Waals surface area contributed by atoms with Crippen LogP contribution in [0.25, 0.3) is 0 Å². The van der Waals surface area contributed by atoms with Gasteiger partial charge in [0.2, 0.25) is 0 Å². The van der Waals surface area contributed by atoms with Gasteiger partial charge >= 0.3 is 6.18 Å². The van der Waals surface area contributed by atoms with Crippen LogP contribution in [0.5, 0.6) is 5.75 Å². The third-order valence-electron chi connectivity index (χ3n) is 3.44. The number of anilines is 1. The largest absolute Gasteiger partial charge is 0.483 e. The number of benzene rings is 1. The maximum atomic E-state index is 12.2. The van der Waals surface area contributed by atoms with E-state index in [1.165, 1.54) is 12.1 Å². The third-order valence-corrected chi connectivity index (χ3v) is 3.44. The van der Waals surface area contributed by atoms with Gasteiger partial charge in [0.05, 0.1) is 11.8 Å². The van der Waals surface area contributed by atoms with Crippen LogP contribution < -0.4 is 10.1 Å². The molecule has 0 saturated heterocycles. The van der Waals surface area contributed by atoms with Crippen molar-refractivity contribution in [2.45, 2.75) is 38.9 Å². The minimum Gasteiger partial charge on any atom is -0.483 e. The Morgan fingerprint density at radius 3 is 2.60 bits per heavy atom. The van der Waals surface area contributed by atoms with E-state index in [0.717, 1.165) is 11.3 Å². The number of aromatic amines is 1. The topological polar surface area (TPSA) is 73.7 Å². The summed E-state index contributed by atoms with van der Waals surface area (Å²) in [5.41, 5.74) is 2.52. The van der Waals surface area contributed by atoms with Crippen molar-refractivity contribution in [3.8, 4) is 11.8 Å². The Morgan fingerprint density at radius 1 is 1.28 bits per heavy atom.